The highest BCUT2D eigenvalue weighted by molar-refractivity contribution is 5.78. The molecule has 0 radical (unpaired) electrons. The second kappa shape index (κ2) is 9.39. The SMILES string of the molecule is O=C(CN1CC[C@H](c2cc(COc3cccc(F)c3)[nH]n2)C1)NC1CCCCC1. The Labute approximate surface area is 170 Å². The molecule has 2 aliphatic rings. The van der Waals surface area contributed by atoms with Crippen LogP contribution < -0.4 is 10.1 Å². The van der Waals surface area contributed by atoms with E-state index in [1.807, 2.05) is 6.07 Å². The Kier molecular flexibility index (Phi) is 6.44. The number of carbonyl (C=O) groups is 1. The number of hydrogen-bond donors (Lipinski definition) is 2. The summed E-state index contributed by atoms with van der Waals surface area (Å²) in [4.78, 5) is 14.5. The van der Waals surface area contributed by atoms with E-state index in [-0.39, 0.29) is 11.7 Å². The van der Waals surface area contributed by atoms with Gasteiger partial charge < -0.3 is 10.1 Å². The van der Waals surface area contributed by atoms with Gasteiger partial charge in [-0.1, -0.05) is 25.3 Å². The summed E-state index contributed by atoms with van der Waals surface area (Å²) < 4.78 is 18.8. The number of rotatable bonds is 7. The van der Waals surface area contributed by atoms with Crippen molar-refractivity contribution in [1.82, 2.24) is 20.4 Å². The van der Waals surface area contributed by atoms with Crippen LogP contribution in [-0.4, -0.2) is 46.7 Å². The summed E-state index contributed by atoms with van der Waals surface area (Å²) in [7, 11) is 0. The maximum absolute atomic E-state index is 13.2. The first-order chi connectivity index (χ1) is 14.2. The molecule has 0 bridgehead atoms. The number of amides is 1. The number of nitrogens with zero attached hydrogens (tertiary/aromatic N) is 2. The van der Waals surface area contributed by atoms with Gasteiger partial charge in [0.2, 0.25) is 5.91 Å². The number of likely N-dealkylation sites (tertiary alicyclic amines) is 1. The van der Waals surface area contributed by atoms with Crippen LogP contribution in [-0.2, 0) is 11.4 Å². The van der Waals surface area contributed by atoms with Gasteiger partial charge in [-0.15, -0.1) is 0 Å². The normalized spacial score (nSPS) is 20.7. The largest absolute Gasteiger partial charge is 0.487 e. The van der Waals surface area contributed by atoms with Gasteiger partial charge in [0.05, 0.1) is 17.9 Å². The molecule has 2 aromatic rings. The molecule has 1 aliphatic carbocycles. The monoisotopic (exact) mass is 400 g/mol. The fraction of sp³-hybridized carbons (Fsp3) is 0.545. The maximum Gasteiger partial charge on any atom is 0.234 e. The van der Waals surface area contributed by atoms with Crippen molar-refractivity contribution in [2.45, 2.75) is 57.1 Å². The molecule has 1 saturated carbocycles. The summed E-state index contributed by atoms with van der Waals surface area (Å²) in [5, 5.41) is 10.6. The minimum absolute atomic E-state index is 0.142. The van der Waals surface area contributed by atoms with Gasteiger partial charge in [0.1, 0.15) is 18.2 Å². The standard InChI is InChI=1S/C22H29FN4O2/c23-17-5-4-8-20(11-17)29-15-19-12-21(26-25-19)16-9-10-27(13-16)14-22(28)24-18-6-2-1-3-7-18/h4-5,8,11-12,16,18H,1-3,6-7,9-10,13-15H2,(H,24,28)(H,25,26)/t16-/m0/s1. The van der Waals surface area contributed by atoms with E-state index < -0.39 is 0 Å². The third kappa shape index (κ3) is 5.56. The average Bonchev–Trinajstić information content (AvgIpc) is 3.36. The first-order valence-corrected chi connectivity index (χ1v) is 10.6. The Morgan fingerprint density at radius 3 is 2.93 bits per heavy atom. The second-order valence-corrected chi connectivity index (χ2v) is 8.19. The minimum Gasteiger partial charge on any atom is -0.487 e. The highest BCUT2D eigenvalue weighted by atomic mass is 19.1. The number of halogens is 1. The lowest BCUT2D eigenvalue weighted by Crippen LogP contribution is -2.42. The summed E-state index contributed by atoms with van der Waals surface area (Å²) in [6.07, 6.45) is 6.96. The number of benzene rings is 1. The van der Waals surface area contributed by atoms with E-state index in [2.05, 4.69) is 20.4 Å². The summed E-state index contributed by atoms with van der Waals surface area (Å²) in [5.41, 5.74) is 1.86. The van der Waals surface area contributed by atoms with Crippen molar-refractivity contribution >= 4 is 5.91 Å². The molecule has 1 atom stereocenters. The van der Waals surface area contributed by atoms with Gasteiger partial charge >= 0.3 is 0 Å². The Morgan fingerprint density at radius 2 is 2.10 bits per heavy atom. The number of aromatic nitrogens is 2. The van der Waals surface area contributed by atoms with Gasteiger partial charge in [-0.25, -0.2) is 4.39 Å². The predicted octanol–water partition coefficient (Wildman–Crippen LogP) is 3.37. The quantitative estimate of drug-likeness (QED) is 0.748. The summed E-state index contributed by atoms with van der Waals surface area (Å²) in [6, 6.07) is 8.48. The third-order valence-electron chi connectivity index (χ3n) is 5.87. The van der Waals surface area contributed by atoms with Crippen LogP contribution in [0.3, 0.4) is 0 Å². The summed E-state index contributed by atoms with van der Waals surface area (Å²) in [6.45, 7) is 2.53. The molecule has 1 saturated heterocycles. The number of hydrogen-bond acceptors (Lipinski definition) is 4. The van der Waals surface area contributed by atoms with E-state index in [0.29, 0.717) is 30.9 Å². The molecule has 4 rings (SSSR count). The second-order valence-electron chi connectivity index (χ2n) is 8.19. The third-order valence-corrected chi connectivity index (χ3v) is 5.87. The molecule has 6 nitrogen and oxygen atoms in total. The highest BCUT2D eigenvalue weighted by Gasteiger charge is 2.27. The molecule has 7 heteroatoms. The molecule has 2 fully saturated rings. The van der Waals surface area contributed by atoms with Gasteiger partial charge in [-0.05, 0) is 44.0 Å². The maximum atomic E-state index is 13.2. The van der Waals surface area contributed by atoms with E-state index >= 15 is 0 Å². The van der Waals surface area contributed by atoms with Gasteiger partial charge in [-0.2, -0.15) is 5.10 Å². The molecule has 1 aromatic carbocycles. The molecule has 1 amide bonds. The molecular weight excluding hydrogens is 371 g/mol. The van der Waals surface area contributed by atoms with Gasteiger partial charge in [0.25, 0.3) is 0 Å². The topological polar surface area (TPSA) is 70.2 Å². The van der Waals surface area contributed by atoms with Crippen molar-refractivity contribution < 1.29 is 13.9 Å². The summed E-state index contributed by atoms with van der Waals surface area (Å²) in [5.74, 6) is 0.643. The van der Waals surface area contributed by atoms with Crippen molar-refractivity contribution in [1.29, 1.82) is 0 Å². The van der Waals surface area contributed by atoms with Crippen LogP contribution in [0.25, 0.3) is 0 Å². The van der Waals surface area contributed by atoms with Crippen LogP contribution >= 0.6 is 0 Å². The van der Waals surface area contributed by atoms with Crippen molar-refractivity contribution in [3.8, 4) is 5.75 Å². The molecule has 0 spiro atoms. The molecule has 0 unspecified atom stereocenters. The first kappa shape index (κ1) is 19.9. The molecular formula is C22H29FN4O2. The number of aromatic amines is 1. The van der Waals surface area contributed by atoms with E-state index in [1.165, 1.54) is 31.4 Å². The number of H-pyrrole nitrogens is 1. The average molecular weight is 400 g/mol. The van der Waals surface area contributed by atoms with E-state index in [4.69, 9.17) is 4.74 Å². The van der Waals surface area contributed by atoms with Crippen LogP contribution in [0.5, 0.6) is 5.75 Å². The summed E-state index contributed by atoms with van der Waals surface area (Å²) >= 11 is 0. The number of carbonyl (C=O) groups excluding carboxylic acids is 1. The van der Waals surface area contributed by atoms with Gasteiger partial charge in [0, 0.05) is 24.6 Å². The molecule has 2 heterocycles. The highest BCUT2D eigenvalue weighted by Crippen LogP contribution is 2.26. The molecule has 1 aromatic heterocycles. The van der Waals surface area contributed by atoms with E-state index in [0.717, 1.165) is 43.7 Å². The van der Waals surface area contributed by atoms with Gasteiger partial charge in [0.15, 0.2) is 0 Å². The minimum atomic E-state index is -0.314. The fourth-order valence-electron chi connectivity index (χ4n) is 4.32. The zero-order chi connectivity index (χ0) is 20.1. The fourth-order valence-corrected chi connectivity index (χ4v) is 4.32. The van der Waals surface area contributed by atoms with Crippen molar-refractivity contribution in [3.63, 3.8) is 0 Å². The van der Waals surface area contributed by atoms with Crippen LogP contribution in [0.15, 0.2) is 30.3 Å². The van der Waals surface area contributed by atoms with Crippen molar-refractivity contribution in [2.24, 2.45) is 0 Å². The van der Waals surface area contributed by atoms with Gasteiger partial charge in [-0.3, -0.25) is 14.8 Å². The first-order valence-electron chi connectivity index (χ1n) is 10.6. The Hall–Kier alpha value is -2.41. The molecule has 2 N–H and O–H groups in total. The van der Waals surface area contributed by atoms with E-state index in [1.54, 1.807) is 12.1 Å². The van der Waals surface area contributed by atoms with Crippen LogP contribution in [0.4, 0.5) is 4.39 Å². The van der Waals surface area contributed by atoms with Crippen molar-refractivity contribution in [3.05, 3.63) is 47.5 Å². The lowest BCUT2D eigenvalue weighted by atomic mass is 9.95. The number of ether oxygens (including phenoxy) is 1. The Morgan fingerprint density at radius 1 is 1.24 bits per heavy atom. The Bertz CT molecular complexity index is 819. The van der Waals surface area contributed by atoms with Crippen LogP contribution in [0.1, 0.15) is 55.8 Å². The molecule has 29 heavy (non-hydrogen) atoms. The zero-order valence-corrected chi connectivity index (χ0v) is 16.7. The van der Waals surface area contributed by atoms with Crippen LogP contribution in [0.2, 0.25) is 0 Å². The smallest absolute Gasteiger partial charge is 0.234 e. The number of nitrogens with one attached hydrogen (secondary N) is 2. The van der Waals surface area contributed by atoms with Crippen molar-refractivity contribution in [2.75, 3.05) is 19.6 Å². The lowest BCUT2D eigenvalue weighted by molar-refractivity contribution is -0.122. The predicted molar refractivity (Wildman–Crippen MR) is 108 cm³/mol. The van der Waals surface area contributed by atoms with Crippen LogP contribution in [0, 0.1) is 5.82 Å². The Balaban J connectivity index is 1.23. The molecule has 156 valence electrons. The zero-order valence-electron chi connectivity index (χ0n) is 16.7. The van der Waals surface area contributed by atoms with E-state index in [9.17, 15) is 9.18 Å². The molecule has 1 aliphatic heterocycles. The lowest BCUT2D eigenvalue weighted by Gasteiger charge is -2.24.